The molecule has 1 amide bonds. The van der Waals surface area contributed by atoms with Crippen LogP contribution in [0.2, 0.25) is 0 Å². The number of hydrogen-bond acceptors (Lipinski definition) is 5. The SMILES string of the molecule is Cc1ccc(SCC(=O)NCc2ccnc(N3CCN(C)CC3)c2)cc1. The first-order valence-electron chi connectivity index (χ1n) is 8.95. The van der Waals surface area contributed by atoms with Crippen molar-refractivity contribution in [3.05, 3.63) is 53.7 Å². The number of nitrogens with zero attached hydrogens (tertiary/aromatic N) is 3. The van der Waals surface area contributed by atoms with Crippen LogP contribution in [0.25, 0.3) is 0 Å². The second-order valence-corrected chi connectivity index (χ2v) is 7.74. The third-order valence-electron chi connectivity index (χ3n) is 4.52. The molecule has 26 heavy (non-hydrogen) atoms. The number of piperazine rings is 1. The average Bonchev–Trinajstić information content (AvgIpc) is 2.67. The van der Waals surface area contributed by atoms with Crippen molar-refractivity contribution < 1.29 is 4.79 Å². The second kappa shape index (κ2) is 9.05. The Kier molecular flexibility index (Phi) is 6.52. The van der Waals surface area contributed by atoms with Gasteiger partial charge in [0.1, 0.15) is 5.82 Å². The predicted molar refractivity (Wildman–Crippen MR) is 108 cm³/mol. The van der Waals surface area contributed by atoms with Gasteiger partial charge in [-0.3, -0.25) is 4.79 Å². The van der Waals surface area contributed by atoms with Crippen LogP contribution < -0.4 is 10.2 Å². The fourth-order valence-corrected chi connectivity index (χ4v) is 3.54. The van der Waals surface area contributed by atoms with Crippen LogP contribution in [-0.4, -0.2) is 54.8 Å². The van der Waals surface area contributed by atoms with E-state index in [9.17, 15) is 4.79 Å². The Bertz CT molecular complexity index is 727. The van der Waals surface area contributed by atoms with Crippen LogP contribution in [0.15, 0.2) is 47.5 Å². The summed E-state index contributed by atoms with van der Waals surface area (Å²) >= 11 is 1.56. The number of thioether (sulfide) groups is 1. The number of aromatic nitrogens is 1. The first kappa shape index (κ1) is 18.7. The van der Waals surface area contributed by atoms with Gasteiger partial charge in [-0.25, -0.2) is 4.98 Å². The quantitative estimate of drug-likeness (QED) is 0.792. The Morgan fingerprint density at radius 2 is 1.88 bits per heavy atom. The van der Waals surface area contributed by atoms with Gasteiger partial charge in [-0.1, -0.05) is 17.7 Å². The molecule has 0 radical (unpaired) electrons. The minimum atomic E-state index is 0.0496. The van der Waals surface area contributed by atoms with Crippen molar-refractivity contribution >= 4 is 23.5 Å². The Morgan fingerprint density at radius 1 is 1.15 bits per heavy atom. The van der Waals surface area contributed by atoms with Gasteiger partial charge in [-0.2, -0.15) is 0 Å². The predicted octanol–water partition coefficient (Wildman–Crippen LogP) is 2.55. The number of aryl methyl sites for hydroxylation is 1. The van der Waals surface area contributed by atoms with Gasteiger partial charge >= 0.3 is 0 Å². The summed E-state index contributed by atoms with van der Waals surface area (Å²) in [6, 6.07) is 12.3. The minimum absolute atomic E-state index is 0.0496. The highest BCUT2D eigenvalue weighted by Gasteiger charge is 2.15. The lowest BCUT2D eigenvalue weighted by Crippen LogP contribution is -2.44. The van der Waals surface area contributed by atoms with Gasteiger partial charge in [0.15, 0.2) is 0 Å². The summed E-state index contributed by atoms with van der Waals surface area (Å²) in [5.41, 5.74) is 2.32. The van der Waals surface area contributed by atoms with E-state index < -0.39 is 0 Å². The number of carbonyl (C=O) groups excluding carboxylic acids is 1. The van der Waals surface area contributed by atoms with E-state index in [1.165, 1.54) is 5.56 Å². The van der Waals surface area contributed by atoms with Crippen LogP contribution in [0, 0.1) is 6.92 Å². The molecule has 1 aromatic heterocycles. The standard InChI is InChI=1S/C20H26N4OS/c1-16-3-5-18(6-4-16)26-15-20(25)22-14-17-7-8-21-19(13-17)24-11-9-23(2)10-12-24/h3-8,13H,9-12,14-15H2,1-2H3,(H,22,25). The highest BCUT2D eigenvalue weighted by Crippen LogP contribution is 2.18. The normalized spacial score (nSPS) is 15.1. The number of amides is 1. The van der Waals surface area contributed by atoms with Crippen LogP contribution in [-0.2, 0) is 11.3 Å². The monoisotopic (exact) mass is 370 g/mol. The molecule has 1 aromatic carbocycles. The Balaban J connectivity index is 1.47. The summed E-state index contributed by atoms with van der Waals surface area (Å²) < 4.78 is 0. The van der Waals surface area contributed by atoms with E-state index in [2.05, 4.69) is 64.4 Å². The molecular formula is C20H26N4OS. The maximum atomic E-state index is 12.1. The van der Waals surface area contributed by atoms with Crippen molar-refractivity contribution in [1.29, 1.82) is 0 Å². The number of likely N-dealkylation sites (N-methyl/N-ethyl adjacent to an activating group) is 1. The van der Waals surface area contributed by atoms with E-state index in [1.54, 1.807) is 11.8 Å². The summed E-state index contributed by atoms with van der Waals surface area (Å²) in [4.78, 5) is 22.4. The van der Waals surface area contributed by atoms with Gasteiger partial charge in [0.05, 0.1) is 5.75 Å². The van der Waals surface area contributed by atoms with Crippen LogP contribution in [0.1, 0.15) is 11.1 Å². The molecule has 2 aromatic rings. The van der Waals surface area contributed by atoms with Crippen LogP contribution >= 0.6 is 11.8 Å². The molecule has 1 N–H and O–H groups in total. The fourth-order valence-electron chi connectivity index (χ4n) is 2.81. The van der Waals surface area contributed by atoms with Gasteiger partial charge < -0.3 is 15.1 Å². The Labute approximate surface area is 159 Å². The van der Waals surface area contributed by atoms with Gasteiger partial charge in [-0.15, -0.1) is 11.8 Å². The Morgan fingerprint density at radius 3 is 2.62 bits per heavy atom. The number of hydrogen-bond donors (Lipinski definition) is 1. The molecule has 5 nitrogen and oxygen atoms in total. The molecule has 0 aliphatic carbocycles. The van der Waals surface area contributed by atoms with E-state index in [0.29, 0.717) is 12.3 Å². The van der Waals surface area contributed by atoms with Crippen LogP contribution in [0.4, 0.5) is 5.82 Å². The molecule has 0 spiro atoms. The lowest BCUT2D eigenvalue weighted by Gasteiger charge is -2.33. The maximum absolute atomic E-state index is 12.1. The lowest BCUT2D eigenvalue weighted by molar-refractivity contribution is -0.118. The largest absolute Gasteiger partial charge is 0.354 e. The summed E-state index contributed by atoms with van der Waals surface area (Å²) in [6.45, 7) is 6.69. The molecule has 2 heterocycles. The van der Waals surface area contributed by atoms with Crippen molar-refractivity contribution in [3.63, 3.8) is 0 Å². The third kappa shape index (κ3) is 5.47. The maximum Gasteiger partial charge on any atom is 0.230 e. The minimum Gasteiger partial charge on any atom is -0.354 e. The first-order valence-corrected chi connectivity index (χ1v) is 9.93. The number of nitrogens with one attached hydrogen (secondary N) is 1. The van der Waals surface area contributed by atoms with Gasteiger partial charge in [0, 0.05) is 43.8 Å². The number of pyridine rings is 1. The molecule has 6 heteroatoms. The van der Waals surface area contributed by atoms with E-state index in [4.69, 9.17) is 0 Å². The van der Waals surface area contributed by atoms with E-state index in [0.717, 1.165) is 42.5 Å². The van der Waals surface area contributed by atoms with E-state index in [1.807, 2.05) is 12.3 Å². The first-order chi connectivity index (χ1) is 12.6. The number of rotatable bonds is 6. The van der Waals surface area contributed by atoms with Gasteiger partial charge in [0.2, 0.25) is 5.91 Å². The zero-order valence-electron chi connectivity index (χ0n) is 15.4. The smallest absolute Gasteiger partial charge is 0.230 e. The topological polar surface area (TPSA) is 48.5 Å². The van der Waals surface area contributed by atoms with Gasteiger partial charge in [-0.05, 0) is 43.8 Å². The molecule has 1 saturated heterocycles. The number of benzene rings is 1. The number of carbonyl (C=O) groups is 1. The lowest BCUT2D eigenvalue weighted by atomic mass is 10.2. The molecular weight excluding hydrogens is 344 g/mol. The van der Waals surface area contributed by atoms with Crippen molar-refractivity contribution in [2.75, 3.05) is 43.9 Å². The molecule has 1 aliphatic heterocycles. The van der Waals surface area contributed by atoms with Crippen LogP contribution in [0.5, 0.6) is 0 Å². The molecule has 3 rings (SSSR count). The molecule has 1 aliphatic rings. The molecule has 0 atom stereocenters. The summed E-state index contributed by atoms with van der Waals surface area (Å²) in [5.74, 6) is 1.48. The van der Waals surface area contributed by atoms with Crippen molar-refractivity contribution in [2.24, 2.45) is 0 Å². The average molecular weight is 371 g/mol. The number of anilines is 1. The molecule has 1 fully saturated rings. The summed E-state index contributed by atoms with van der Waals surface area (Å²) in [6.07, 6.45) is 1.83. The summed E-state index contributed by atoms with van der Waals surface area (Å²) in [7, 11) is 2.14. The van der Waals surface area contributed by atoms with Gasteiger partial charge in [0.25, 0.3) is 0 Å². The second-order valence-electron chi connectivity index (χ2n) is 6.69. The van der Waals surface area contributed by atoms with E-state index >= 15 is 0 Å². The Hall–Kier alpha value is -2.05. The third-order valence-corrected chi connectivity index (χ3v) is 5.53. The zero-order chi connectivity index (χ0) is 18.4. The van der Waals surface area contributed by atoms with Crippen LogP contribution in [0.3, 0.4) is 0 Å². The highest BCUT2D eigenvalue weighted by molar-refractivity contribution is 8.00. The van der Waals surface area contributed by atoms with Crippen molar-refractivity contribution in [3.8, 4) is 0 Å². The highest BCUT2D eigenvalue weighted by atomic mass is 32.2. The van der Waals surface area contributed by atoms with Crippen molar-refractivity contribution in [1.82, 2.24) is 15.2 Å². The zero-order valence-corrected chi connectivity index (χ0v) is 16.3. The van der Waals surface area contributed by atoms with E-state index in [-0.39, 0.29) is 5.91 Å². The molecule has 138 valence electrons. The summed E-state index contributed by atoms with van der Waals surface area (Å²) in [5, 5.41) is 3.00. The molecule has 0 unspecified atom stereocenters. The van der Waals surface area contributed by atoms with Crippen molar-refractivity contribution in [2.45, 2.75) is 18.4 Å². The molecule has 0 bridgehead atoms. The molecule has 0 saturated carbocycles. The fraction of sp³-hybridized carbons (Fsp3) is 0.400.